The fraction of sp³-hybridized carbons (Fsp3) is 0.438. The van der Waals surface area contributed by atoms with Crippen molar-refractivity contribution in [2.75, 3.05) is 24.5 Å². The van der Waals surface area contributed by atoms with Crippen molar-refractivity contribution in [2.24, 2.45) is 5.41 Å². The Bertz CT molecular complexity index is 660. The molecule has 2 aliphatic heterocycles. The zero-order valence-electron chi connectivity index (χ0n) is 12.3. The average Bonchev–Trinajstić information content (AvgIpc) is 3.23. The van der Waals surface area contributed by atoms with Gasteiger partial charge in [0.25, 0.3) is 0 Å². The topological polar surface area (TPSA) is 49.3 Å². The fourth-order valence-electron chi connectivity index (χ4n) is 3.62. The number of rotatable bonds is 3. The van der Waals surface area contributed by atoms with E-state index < -0.39 is 0 Å². The normalized spacial score (nSPS) is 25.5. The first-order valence-electron chi connectivity index (χ1n) is 7.54. The molecule has 1 spiro atoms. The minimum atomic E-state index is 0.101. The summed E-state index contributed by atoms with van der Waals surface area (Å²) in [6.07, 6.45) is 6.68. The Labute approximate surface area is 133 Å². The molecule has 6 heteroatoms. The molecule has 2 aromatic heterocycles. The third-order valence-electron chi connectivity index (χ3n) is 4.66. The molecule has 114 valence electrons. The molecule has 0 saturated carbocycles. The second-order valence-electron chi connectivity index (χ2n) is 6.29. The van der Waals surface area contributed by atoms with Gasteiger partial charge in [0.1, 0.15) is 6.33 Å². The first-order valence-corrected chi connectivity index (χ1v) is 8.42. The van der Waals surface area contributed by atoms with Crippen LogP contribution in [0.4, 0.5) is 5.69 Å². The molecule has 2 aromatic rings. The van der Waals surface area contributed by atoms with Crippen LogP contribution in [0.1, 0.15) is 17.7 Å². The molecule has 5 nitrogen and oxygen atoms in total. The molecule has 2 fully saturated rings. The first-order chi connectivity index (χ1) is 10.7. The number of aromatic nitrogens is 2. The molecular weight excluding hydrogens is 296 g/mol. The summed E-state index contributed by atoms with van der Waals surface area (Å²) < 4.78 is 0. The van der Waals surface area contributed by atoms with E-state index in [4.69, 9.17) is 0 Å². The van der Waals surface area contributed by atoms with Crippen molar-refractivity contribution < 1.29 is 4.79 Å². The van der Waals surface area contributed by atoms with Gasteiger partial charge >= 0.3 is 0 Å². The van der Waals surface area contributed by atoms with Gasteiger partial charge in [0, 0.05) is 36.3 Å². The van der Waals surface area contributed by atoms with Crippen molar-refractivity contribution in [3.63, 3.8) is 0 Å². The molecule has 0 unspecified atom stereocenters. The Kier molecular flexibility index (Phi) is 3.43. The van der Waals surface area contributed by atoms with Crippen LogP contribution in [0.15, 0.2) is 36.2 Å². The number of likely N-dealkylation sites (tertiary alicyclic amines) is 1. The van der Waals surface area contributed by atoms with Gasteiger partial charge in [-0.15, -0.1) is 11.3 Å². The third kappa shape index (κ3) is 2.53. The van der Waals surface area contributed by atoms with Gasteiger partial charge in [0.15, 0.2) is 0 Å². The van der Waals surface area contributed by atoms with Crippen LogP contribution < -0.4 is 4.90 Å². The van der Waals surface area contributed by atoms with Crippen LogP contribution in [0.25, 0.3) is 0 Å². The molecule has 0 N–H and O–H groups in total. The monoisotopic (exact) mass is 314 g/mol. The highest BCUT2D eigenvalue weighted by Gasteiger charge is 2.47. The largest absolute Gasteiger partial charge is 0.309 e. The Morgan fingerprint density at radius 1 is 1.27 bits per heavy atom. The Balaban J connectivity index is 1.46. The van der Waals surface area contributed by atoms with E-state index in [1.165, 1.54) is 11.2 Å². The number of amides is 1. The Hall–Kier alpha value is -1.79. The first kappa shape index (κ1) is 13.8. The lowest BCUT2D eigenvalue weighted by Gasteiger charge is -2.23. The maximum atomic E-state index is 12.4. The summed E-state index contributed by atoms with van der Waals surface area (Å²) in [7, 11) is 0. The van der Waals surface area contributed by atoms with Gasteiger partial charge in [0.05, 0.1) is 18.1 Å². The van der Waals surface area contributed by atoms with Crippen molar-refractivity contribution >= 4 is 22.9 Å². The van der Waals surface area contributed by atoms with Crippen molar-refractivity contribution in [3.05, 3.63) is 41.1 Å². The predicted molar refractivity (Wildman–Crippen MR) is 85.6 cm³/mol. The lowest BCUT2D eigenvalue weighted by atomic mass is 9.86. The molecule has 0 aliphatic carbocycles. The Morgan fingerprint density at radius 3 is 2.91 bits per heavy atom. The minimum absolute atomic E-state index is 0.101. The van der Waals surface area contributed by atoms with Crippen LogP contribution in [-0.4, -0.2) is 40.4 Å². The number of hydrogen-bond donors (Lipinski definition) is 0. The molecule has 22 heavy (non-hydrogen) atoms. The fourth-order valence-corrected chi connectivity index (χ4v) is 4.37. The van der Waals surface area contributed by atoms with Gasteiger partial charge in [-0.05, 0) is 24.4 Å². The highest BCUT2D eigenvalue weighted by Crippen LogP contribution is 2.42. The van der Waals surface area contributed by atoms with Gasteiger partial charge in [-0.2, -0.15) is 0 Å². The second-order valence-corrected chi connectivity index (χ2v) is 7.33. The molecule has 1 atom stereocenters. The molecule has 0 aromatic carbocycles. The van der Waals surface area contributed by atoms with Gasteiger partial charge in [-0.3, -0.25) is 9.69 Å². The summed E-state index contributed by atoms with van der Waals surface area (Å²) in [6.45, 7) is 3.87. The van der Waals surface area contributed by atoms with Crippen LogP contribution in [0.2, 0.25) is 0 Å². The highest BCUT2D eigenvalue weighted by atomic mass is 32.1. The van der Waals surface area contributed by atoms with Gasteiger partial charge in [-0.25, -0.2) is 9.97 Å². The molecule has 4 heterocycles. The highest BCUT2D eigenvalue weighted by molar-refractivity contribution is 7.09. The summed E-state index contributed by atoms with van der Waals surface area (Å²) in [4.78, 5) is 26.2. The molecule has 0 bridgehead atoms. The van der Waals surface area contributed by atoms with Gasteiger partial charge < -0.3 is 4.90 Å². The van der Waals surface area contributed by atoms with E-state index in [2.05, 4.69) is 32.4 Å². The lowest BCUT2D eigenvalue weighted by molar-refractivity contribution is -0.117. The number of carbonyl (C=O) groups is 1. The maximum Gasteiger partial charge on any atom is 0.227 e. The minimum Gasteiger partial charge on any atom is -0.309 e. The number of anilines is 1. The molecule has 1 amide bonds. The molecule has 2 saturated heterocycles. The van der Waals surface area contributed by atoms with E-state index in [1.54, 1.807) is 23.7 Å². The second kappa shape index (κ2) is 5.44. The van der Waals surface area contributed by atoms with Crippen LogP contribution in [0, 0.1) is 5.41 Å². The van der Waals surface area contributed by atoms with Crippen LogP contribution in [0.5, 0.6) is 0 Å². The van der Waals surface area contributed by atoms with E-state index in [1.807, 2.05) is 4.90 Å². The number of hydrogen-bond acceptors (Lipinski definition) is 5. The summed E-state index contributed by atoms with van der Waals surface area (Å²) >= 11 is 1.80. The van der Waals surface area contributed by atoms with Gasteiger partial charge in [0.2, 0.25) is 5.91 Å². The summed E-state index contributed by atoms with van der Waals surface area (Å²) in [5.74, 6) is 0.202. The number of nitrogens with zero attached hydrogens (tertiary/aromatic N) is 4. The molecule has 4 rings (SSSR count). The van der Waals surface area contributed by atoms with E-state index in [0.717, 1.165) is 38.3 Å². The zero-order valence-corrected chi connectivity index (χ0v) is 13.1. The van der Waals surface area contributed by atoms with Crippen molar-refractivity contribution in [1.82, 2.24) is 14.9 Å². The quantitative estimate of drug-likeness (QED) is 0.871. The number of carbonyl (C=O) groups excluding carboxylic acids is 1. The molecule has 0 radical (unpaired) electrons. The van der Waals surface area contributed by atoms with Crippen molar-refractivity contribution in [2.45, 2.75) is 19.4 Å². The lowest BCUT2D eigenvalue weighted by Crippen LogP contribution is -2.31. The third-order valence-corrected chi connectivity index (χ3v) is 5.52. The Morgan fingerprint density at radius 2 is 2.14 bits per heavy atom. The summed E-state index contributed by atoms with van der Waals surface area (Å²) in [5.41, 5.74) is 0.922. The predicted octanol–water partition coefficient (Wildman–Crippen LogP) is 2.17. The maximum absolute atomic E-state index is 12.4. The van der Waals surface area contributed by atoms with Gasteiger partial charge in [-0.1, -0.05) is 6.07 Å². The smallest absolute Gasteiger partial charge is 0.227 e. The van der Waals surface area contributed by atoms with Crippen molar-refractivity contribution in [1.29, 1.82) is 0 Å². The summed E-state index contributed by atoms with van der Waals surface area (Å²) in [6, 6.07) is 4.28. The molecular formula is C16H18N4OS. The SMILES string of the molecule is O=C1C[C@]2(CCN(Cc3cccs3)C2)CN1c1cncnc1. The standard InChI is InChI=1S/C16H18N4OS/c21-15-6-16(11-20(15)13-7-17-12-18-8-13)3-4-19(10-16)9-14-2-1-5-22-14/h1-2,5,7-8,12H,3-4,6,9-11H2/t16-/m0/s1. The van der Waals surface area contributed by atoms with E-state index in [9.17, 15) is 4.79 Å². The van der Waals surface area contributed by atoms with Crippen LogP contribution >= 0.6 is 11.3 Å². The zero-order chi connectivity index (χ0) is 15.0. The summed E-state index contributed by atoms with van der Waals surface area (Å²) in [5, 5.41) is 2.12. The van der Waals surface area contributed by atoms with Crippen LogP contribution in [-0.2, 0) is 11.3 Å². The average molecular weight is 314 g/mol. The van der Waals surface area contributed by atoms with E-state index in [-0.39, 0.29) is 11.3 Å². The van der Waals surface area contributed by atoms with Crippen LogP contribution in [0.3, 0.4) is 0 Å². The van der Waals surface area contributed by atoms with E-state index >= 15 is 0 Å². The number of thiophene rings is 1. The molecule has 2 aliphatic rings. The van der Waals surface area contributed by atoms with E-state index in [0.29, 0.717) is 6.42 Å². The van der Waals surface area contributed by atoms with Crippen molar-refractivity contribution in [3.8, 4) is 0 Å².